The van der Waals surface area contributed by atoms with Gasteiger partial charge in [0.1, 0.15) is 0 Å². The predicted octanol–water partition coefficient (Wildman–Crippen LogP) is 2.07. The molecular weight excluding hydrogens is 224 g/mol. The molecular formula is C15H22N2O. The van der Waals surface area contributed by atoms with Crippen LogP contribution in [0.1, 0.15) is 31.2 Å². The number of rotatable bonds is 5. The molecule has 3 nitrogen and oxygen atoms in total. The molecule has 0 radical (unpaired) electrons. The predicted molar refractivity (Wildman–Crippen MR) is 73.6 cm³/mol. The second-order valence-electron chi connectivity index (χ2n) is 5.67. The fourth-order valence-electron chi connectivity index (χ4n) is 2.83. The Morgan fingerprint density at radius 1 is 1.28 bits per heavy atom. The highest BCUT2D eigenvalue weighted by Gasteiger charge is 2.43. The van der Waals surface area contributed by atoms with Gasteiger partial charge in [0, 0.05) is 30.8 Å². The Balaban J connectivity index is 1.53. The number of benzene rings is 1. The summed E-state index contributed by atoms with van der Waals surface area (Å²) in [5.41, 5.74) is 8.38. The third-order valence-corrected chi connectivity index (χ3v) is 4.24. The van der Waals surface area contributed by atoms with Crippen molar-refractivity contribution in [2.45, 2.75) is 37.2 Å². The van der Waals surface area contributed by atoms with Gasteiger partial charge in [0.15, 0.2) is 0 Å². The summed E-state index contributed by atoms with van der Waals surface area (Å²) in [6.07, 6.45) is 5.44. The summed E-state index contributed by atoms with van der Waals surface area (Å²) >= 11 is 0. The highest BCUT2D eigenvalue weighted by Crippen LogP contribution is 2.47. The number of nitrogens with one attached hydrogen (secondary N) is 1. The van der Waals surface area contributed by atoms with E-state index in [1.807, 2.05) is 12.1 Å². The number of anilines is 1. The van der Waals surface area contributed by atoms with Gasteiger partial charge in [0.2, 0.25) is 0 Å². The topological polar surface area (TPSA) is 47.3 Å². The van der Waals surface area contributed by atoms with Crippen molar-refractivity contribution in [1.29, 1.82) is 0 Å². The molecule has 3 rings (SSSR count). The minimum atomic E-state index is 0.367. The zero-order valence-corrected chi connectivity index (χ0v) is 10.8. The van der Waals surface area contributed by atoms with Crippen LogP contribution in [0.25, 0.3) is 0 Å². The van der Waals surface area contributed by atoms with Crippen LogP contribution in [0, 0.1) is 0 Å². The molecule has 1 aromatic carbocycles. The van der Waals surface area contributed by atoms with Crippen LogP contribution in [0.15, 0.2) is 24.3 Å². The molecule has 3 heteroatoms. The number of hydrogen-bond donors (Lipinski definition) is 2. The molecule has 1 unspecified atom stereocenters. The van der Waals surface area contributed by atoms with Gasteiger partial charge >= 0.3 is 0 Å². The summed E-state index contributed by atoms with van der Waals surface area (Å²) in [6, 6.07) is 8.37. The van der Waals surface area contributed by atoms with E-state index in [1.54, 1.807) is 0 Å². The van der Waals surface area contributed by atoms with Crippen molar-refractivity contribution >= 4 is 5.69 Å². The van der Waals surface area contributed by atoms with E-state index in [2.05, 4.69) is 17.4 Å². The summed E-state index contributed by atoms with van der Waals surface area (Å²) in [5.74, 6) is 0. The van der Waals surface area contributed by atoms with Gasteiger partial charge < -0.3 is 15.8 Å². The van der Waals surface area contributed by atoms with Crippen LogP contribution in [-0.2, 0) is 10.2 Å². The van der Waals surface area contributed by atoms with Gasteiger partial charge in [-0.15, -0.1) is 0 Å². The van der Waals surface area contributed by atoms with E-state index in [0.29, 0.717) is 11.5 Å². The van der Waals surface area contributed by atoms with E-state index in [4.69, 9.17) is 10.5 Å². The highest BCUT2D eigenvalue weighted by molar-refractivity contribution is 5.43. The van der Waals surface area contributed by atoms with Gasteiger partial charge in [0.25, 0.3) is 0 Å². The largest absolute Gasteiger partial charge is 0.399 e. The van der Waals surface area contributed by atoms with Crippen LogP contribution in [0.5, 0.6) is 0 Å². The molecule has 0 spiro atoms. The Morgan fingerprint density at radius 2 is 2.06 bits per heavy atom. The van der Waals surface area contributed by atoms with Crippen molar-refractivity contribution in [3.05, 3.63) is 29.8 Å². The molecule has 0 bridgehead atoms. The Kier molecular flexibility index (Phi) is 3.27. The molecule has 18 heavy (non-hydrogen) atoms. The van der Waals surface area contributed by atoms with Crippen LogP contribution < -0.4 is 11.1 Å². The number of ether oxygens (including phenoxy) is 1. The molecule has 0 amide bonds. The average molecular weight is 246 g/mol. The standard InChI is InChI=1S/C15H22N2O/c16-13-5-3-12(4-6-13)15(7-8-15)11-17-10-14-2-1-9-18-14/h3-6,14,17H,1-2,7-11,16H2. The van der Waals surface area contributed by atoms with Gasteiger partial charge in [-0.1, -0.05) is 12.1 Å². The van der Waals surface area contributed by atoms with E-state index < -0.39 is 0 Å². The van der Waals surface area contributed by atoms with Crippen LogP contribution >= 0.6 is 0 Å². The van der Waals surface area contributed by atoms with Crippen LogP contribution in [0.2, 0.25) is 0 Å². The summed E-state index contributed by atoms with van der Waals surface area (Å²) in [4.78, 5) is 0. The molecule has 1 aromatic rings. The van der Waals surface area contributed by atoms with Crippen molar-refractivity contribution in [1.82, 2.24) is 5.32 Å². The zero-order chi connectivity index (χ0) is 12.4. The summed E-state index contributed by atoms with van der Waals surface area (Å²) < 4.78 is 5.63. The minimum absolute atomic E-state index is 0.367. The molecule has 1 atom stereocenters. The molecule has 0 aromatic heterocycles. The van der Waals surface area contributed by atoms with Gasteiger partial charge in [-0.2, -0.15) is 0 Å². The fraction of sp³-hybridized carbons (Fsp3) is 0.600. The maximum atomic E-state index is 5.74. The monoisotopic (exact) mass is 246 g/mol. The first-order chi connectivity index (χ1) is 8.78. The average Bonchev–Trinajstić information content (AvgIpc) is 2.98. The first-order valence-corrected chi connectivity index (χ1v) is 6.97. The summed E-state index contributed by atoms with van der Waals surface area (Å²) in [7, 11) is 0. The Bertz CT molecular complexity index is 391. The Hall–Kier alpha value is -1.06. The van der Waals surface area contributed by atoms with Crippen molar-refractivity contribution in [3.8, 4) is 0 Å². The third-order valence-electron chi connectivity index (χ3n) is 4.24. The van der Waals surface area contributed by atoms with E-state index in [-0.39, 0.29) is 0 Å². The SMILES string of the molecule is Nc1ccc(C2(CNCC3CCCO3)CC2)cc1. The highest BCUT2D eigenvalue weighted by atomic mass is 16.5. The number of nitrogens with two attached hydrogens (primary N) is 1. The fourth-order valence-corrected chi connectivity index (χ4v) is 2.83. The zero-order valence-electron chi connectivity index (χ0n) is 10.8. The second-order valence-corrected chi connectivity index (χ2v) is 5.67. The smallest absolute Gasteiger partial charge is 0.0700 e. The van der Waals surface area contributed by atoms with E-state index in [1.165, 1.54) is 31.2 Å². The summed E-state index contributed by atoms with van der Waals surface area (Å²) in [6.45, 7) is 3.00. The molecule has 1 aliphatic heterocycles. The van der Waals surface area contributed by atoms with E-state index in [9.17, 15) is 0 Å². The molecule has 98 valence electrons. The molecule has 1 heterocycles. The molecule has 1 aliphatic carbocycles. The maximum Gasteiger partial charge on any atom is 0.0700 e. The summed E-state index contributed by atoms with van der Waals surface area (Å²) in [5, 5.41) is 3.59. The van der Waals surface area contributed by atoms with Gasteiger partial charge in [-0.25, -0.2) is 0 Å². The number of hydrogen-bond acceptors (Lipinski definition) is 3. The van der Waals surface area contributed by atoms with E-state index >= 15 is 0 Å². The lowest BCUT2D eigenvalue weighted by Gasteiger charge is -2.18. The molecule has 1 saturated heterocycles. The lowest BCUT2D eigenvalue weighted by Crippen LogP contribution is -2.33. The maximum absolute atomic E-state index is 5.74. The second kappa shape index (κ2) is 4.90. The van der Waals surface area contributed by atoms with Crippen molar-refractivity contribution < 1.29 is 4.74 Å². The van der Waals surface area contributed by atoms with Crippen LogP contribution in [0.4, 0.5) is 5.69 Å². The Labute approximate surface area is 109 Å². The van der Waals surface area contributed by atoms with Crippen molar-refractivity contribution in [3.63, 3.8) is 0 Å². The van der Waals surface area contributed by atoms with Crippen molar-refractivity contribution in [2.75, 3.05) is 25.4 Å². The molecule has 1 saturated carbocycles. The van der Waals surface area contributed by atoms with Gasteiger partial charge in [-0.3, -0.25) is 0 Å². The first kappa shape index (κ1) is 12.0. The van der Waals surface area contributed by atoms with Gasteiger partial charge in [-0.05, 0) is 43.4 Å². The Morgan fingerprint density at radius 3 is 2.67 bits per heavy atom. The first-order valence-electron chi connectivity index (χ1n) is 6.97. The quantitative estimate of drug-likeness (QED) is 0.782. The molecule has 2 aliphatic rings. The molecule has 2 fully saturated rings. The van der Waals surface area contributed by atoms with Crippen molar-refractivity contribution in [2.24, 2.45) is 0 Å². The lowest BCUT2D eigenvalue weighted by molar-refractivity contribution is 0.109. The van der Waals surface area contributed by atoms with Crippen LogP contribution in [0.3, 0.4) is 0 Å². The third kappa shape index (κ3) is 2.52. The minimum Gasteiger partial charge on any atom is -0.399 e. The van der Waals surface area contributed by atoms with Crippen LogP contribution in [-0.4, -0.2) is 25.8 Å². The normalized spacial score (nSPS) is 25.2. The number of nitrogen functional groups attached to an aromatic ring is 1. The lowest BCUT2D eigenvalue weighted by atomic mass is 9.95. The molecule has 3 N–H and O–H groups in total. The van der Waals surface area contributed by atoms with E-state index in [0.717, 1.165) is 25.4 Å². The van der Waals surface area contributed by atoms with Gasteiger partial charge in [0.05, 0.1) is 6.10 Å².